The molecular weight excluding hydrogens is 133 g/mol. The molecule has 0 heterocycles. The van der Waals surface area contributed by atoms with E-state index in [4.69, 9.17) is 15.8 Å². The van der Waals surface area contributed by atoms with Gasteiger partial charge in [-0.05, 0) is 12.2 Å². The average molecular weight is 145 g/mol. The van der Waals surface area contributed by atoms with Crippen molar-refractivity contribution in [1.82, 2.24) is 0 Å². The Morgan fingerprint density at radius 3 is 2.50 bits per heavy atom. The fourth-order valence-corrected chi connectivity index (χ4v) is 0.519. The lowest BCUT2D eigenvalue weighted by Gasteiger charge is -2.06. The number of hydrogen-bond acceptors (Lipinski definition) is 3. The van der Waals surface area contributed by atoms with Crippen molar-refractivity contribution < 1.29 is 14.8 Å². The van der Waals surface area contributed by atoms with Crippen molar-refractivity contribution in [2.45, 2.75) is 25.6 Å². The van der Waals surface area contributed by atoms with Gasteiger partial charge in [-0.3, -0.25) is 4.79 Å². The highest BCUT2D eigenvalue weighted by Crippen LogP contribution is 2.12. The Morgan fingerprint density at radius 2 is 2.20 bits per heavy atom. The van der Waals surface area contributed by atoms with Crippen LogP contribution in [-0.2, 0) is 4.79 Å². The van der Waals surface area contributed by atoms with E-state index in [0.717, 1.165) is 0 Å². The highest BCUT2D eigenvalue weighted by Gasteiger charge is 2.17. The minimum Gasteiger partial charge on any atom is -0.427 e. The monoisotopic (exact) mass is 145 g/mol. The van der Waals surface area contributed by atoms with Crippen LogP contribution in [0.15, 0.2) is 0 Å². The standard InChI is InChI=1S/C5H12BNO3/c1-4(6(9)10)2-3-5(7)8/h4,9-10H,2-3H2,1H3,(H2,7,8). The van der Waals surface area contributed by atoms with Gasteiger partial charge < -0.3 is 15.8 Å². The lowest BCUT2D eigenvalue weighted by Crippen LogP contribution is -2.20. The van der Waals surface area contributed by atoms with E-state index in [-0.39, 0.29) is 12.2 Å². The second-order valence-corrected chi connectivity index (χ2v) is 2.40. The molecule has 4 N–H and O–H groups in total. The van der Waals surface area contributed by atoms with Crippen molar-refractivity contribution in [3.05, 3.63) is 0 Å². The van der Waals surface area contributed by atoms with E-state index < -0.39 is 13.0 Å². The predicted molar refractivity (Wildman–Crippen MR) is 38.0 cm³/mol. The Balaban J connectivity index is 3.39. The van der Waals surface area contributed by atoms with Crippen LogP contribution >= 0.6 is 0 Å². The smallest absolute Gasteiger partial charge is 0.427 e. The maximum atomic E-state index is 10.2. The van der Waals surface area contributed by atoms with Gasteiger partial charge in [-0.1, -0.05) is 6.92 Å². The van der Waals surface area contributed by atoms with Crippen LogP contribution in [0.1, 0.15) is 19.8 Å². The number of primary amides is 1. The summed E-state index contributed by atoms with van der Waals surface area (Å²) in [5.41, 5.74) is 4.84. The minimum atomic E-state index is -1.35. The molecule has 0 aromatic heterocycles. The van der Waals surface area contributed by atoms with Gasteiger partial charge in [-0.15, -0.1) is 0 Å². The maximum Gasteiger partial charge on any atom is 0.454 e. The molecule has 4 nitrogen and oxygen atoms in total. The first-order valence-electron chi connectivity index (χ1n) is 3.18. The molecule has 0 aliphatic rings. The number of nitrogens with two attached hydrogens (primary N) is 1. The molecule has 0 radical (unpaired) electrons. The Bertz CT molecular complexity index is 117. The molecule has 0 bridgehead atoms. The number of carbonyl (C=O) groups is 1. The van der Waals surface area contributed by atoms with Gasteiger partial charge in [0.2, 0.25) is 5.91 Å². The minimum absolute atomic E-state index is 0.207. The van der Waals surface area contributed by atoms with Crippen LogP contribution in [0.2, 0.25) is 5.82 Å². The quantitative estimate of drug-likeness (QED) is 0.449. The molecule has 0 saturated heterocycles. The Kier molecular flexibility index (Phi) is 4.06. The van der Waals surface area contributed by atoms with Crippen LogP contribution < -0.4 is 5.73 Å². The molecule has 0 aromatic rings. The Morgan fingerprint density at radius 1 is 1.70 bits per heavy atom. The Labute approximate surface area is 60.2 Å². The summed E-state index contributed by atoms with van der Waals surface area (Å²) >= 11 is 0. The summed E-state index contributed by atoms with van der Waals surface area (Å²) in [7, 11) is -1.35. The number of amides is 1. The molecular formula is C5H12BNO3. The molecule has 1 atom stereocenters. The third-order valence-corrected chi connectivity index (χ3v) is 1.36. The first kappa shape index (κ1) is 9.45. The van der Waals surface area contributed by atoms with Gasteiger partial charge in [0, 0.05) is 6.42 Å². The van der Waals surface area contributed by atoms with E-state index in [1.54, 1.807) is 6.92 Å². The van der Waals surface area contributed by atoms with Gasteiger partial charge >= 0.3 is 7.12 Å². The highest BCUT2D eigenvalue weighted by molar-refractivity contribution is 6.42. The molecule has 10 heavy (non-hydrogen) atoms. The largest absolute Gasteiger partial charge is 0.454 e. The fraction of sp³-hybridized carbons (Fsp3) is 0.800. The SMILES string of the molecule is CC(CCC(N)=O)B(O)O. The summed E-state index contributed by atoms with van der Waals surface area (Å²) < 4.78 is 0. The summed E-state index contributed by atoms with van der Waals surface area (Å²) in [6, 6.07) is 0. The van der Waals surface area contributed by atoms with Crippen molar-refractivity contribution in [3.63, 3.8) is 0 Å². The molecule has 0 fully saturated rings. The zero-order valence-corrected chi connectivity index (χ0v) is 5.95. The van der Waals surface area contributed by atoms with Crippen LogP contribution in [0.4, 0.5) is 0 Å². The zero-order valence-electron chi connectivity index (χ0n) is 5.95. The van der Waals surface area contributed by atoms with Crippen molar-refractivity contribution in [1.29, 1.82) is 0 Å². The van der Waals surface area contributed by atoms with Crippen molar-refractivity contribution >= 4 is 13.0 Å². The van der Waals surface area contributed by atoms with E-state index in [1.165, 1.54) is 0 Å². The topological polar surface area (TPSA) is 83.6 Å². The van der Waals surface area contributed by atoms with E-state index >= 15 is 0 Å². The molecule has 0 rings (SSSR count). The van der Waals surface area contributed by atoms with Gasteiger partial charge in [-0.25, -0.2) is 0 Å². The molecule has 1 amide bonds. The average Bonchev–Trinajstić information content (AvgIpc) is 1.82. The second-order valence-electron chi connectivity index (χ2n) is 2.40. The van der Waals surface area contributed by atoms with Crippen molar-refractivity contribution in [2.75, 3.05) is 0 Å². The third kappa shape index (κ3) is 4.35. The van der Waals surface area contributed by atoms with Crippen LogP contribution in [0.5, 0.6) is 0 Å². The van der Waals surface area contributed by atoms with Crippen molar-refractivity contribution in [2.24, 2.45) is 5.73 Å². The molecule has 58 valence electrons. The molecule has 0 aliphatic carbocycles. The summed E-state index contributed by atoms with van der Waals surface area (Å²) in [4.78, 5) is 10.2. The van der Waals surface area contributed by atoms with Crippen LogP contribution in [-0.4, -0.2) is 23.1 Å². The van der Waals surface area contributed by atoms with Gasteiger partial charge in [0.25, 0.3) is 0 Å². The van der Waals surface area contributed by atoms with Gasteiger partial charge in [0.05, 0.1) is 0 Å². The third-order valence-electron chi connectivity index (χ3n) is 1.36. The second kappa shape index (κ2) is 4.30. The highest BCUT2D eigenvalue weighted by atomic mass is 16.4. The number of carbonyl (C=O) groups excluding carboxylic acids is 1. The number of hydrogen-bond donors (Lipinski definition) is 3. The van der Waals surface area contributed by atoms with Gasteiger partial charge in [-0.2, -0.15) is 0 Å². The lowest BCUT2D eigenvalue weighted by atomic mass is 9.72. The molecule has 0 aromatic carbocycles. The number of rotatable bonds is 4. The zero-order chi connectivity index (χ0) is 8.15. The van der Waals surface area contributed by atoms with E-state index in [0.29, 0.717) is 6.42 Å². The predicted octanol–water partition coefficient (Wildman–Crippen LogP) is -0.885. The van der Waals surface area contributed by atoms with Crippen molar-refractivity contribution in [3.8, 4) is 0 Å². The molecule has 0 saturated carbocycles. The Hall–Kier alpha value is -0.545. The van der Waals surface area contributed by atoms with Crippen LogP contribution in [0.3, 0.4) is 0 Å². The summed E-state index contributed by atoms with van der Waals surface area (Å²) in [5, 5.41) is 17.1. The van der Waals surface area contributed by atoms with Gasteiger partial charge in [0.1, 0.15) is 0 Å². The van der Waals surface area contributed by atoms with Crippen LogP contribution in [0, 0.1) is 0 Å². The molecule has 5 heteroatoms. The first-order valence-corrected chi connectivity index (χ1v) is 3.18. The van der Waals surface area contributed by atoms with Gasteiger partial charge in [0.15, 0.2) is 0 Å². The normalized spacial score (nSPS) is 12.7. The molecule has 0 spiro atoms. The molecule has 0 aliphatic heterocycles. The fourth-order valence-electron chi connectivity index (χ4n) is 0.519. The first-order chi connectivity index (χ1) is 4.54. The van der Waals surface area contributed by atoms with E-state index in [2.05, 4.69) is 0 Å². The maximum absolute atomic E-state index is 10.2. The lowest BCUT2D eigenvalue weighted by molar-refractivity contribution is -0.118. The van der Waals surface area contributed by atoms with Crippen LogP contribution in [0.25, 0.3) is 0 Å². The van der Waals surface area contributed by atoms with E-state index in [9.17, 15) is 4.79 Å². The van der Waals surface area contributed by atoms with E-state index in [1.807, 2.05) is 0 Å². The summed E-state index contributed by atoms with van der Waals surface area (Å²) in [6.07, 6.45) is 0.631. The summed E-state index contributed by atoms with van der Waals surface area (Å²) in [5.74, 6) is -0.694. The summed E-state index contributed by atoms with van der Waals surface area (Å²) in [6.45, 7) is 1.65. The molecule has 1 unspecified atom stereocenters.